The summed E-state index contributed by atoms with van der Waals surface area (Å²) in [5.41, 5.74) is 3.58. The molecule has 7 heteroatoms. The maximum absolute atomic E-state index is 12.7. The fourth-order valence-electron chi connectivity index (χ4n) is 3.49. The van der Waals surface area contributed by atoms with Crippen molar-refractivity contribution in [2.24, 2.45) is 0 Å². The Morgan fingerprint density at radius 3 is 3.00 bits per heavy atom. The molecule has 0 spiro atoms. The molecule has 4 heterocycles. The number of benzene rings is 1. The van der Waals surface area contributed by atoms with Crippen molar-refractivity contribution in [3.05, 3.63) is 88.6 Å². The van der Waals surface area contributed by atoms with Gasteiger partial charge in [0, 0.05) is 40.6 Å². The van der Waals surface area contributed by atoms with Gasteiger partial charge in [0.2, 0.25) is 0 Å². The highest BCUT2D eigenvalue weighted by Crippen LogP contribution is 2.32. The van der Waals surface area contributed by atoms with Crippen LogP contribution in [0.25, 0.3) is 16.6 Å². The Kier molecular flexibility index (Phi) is 4.14. The molecule has 0 aliphatic rings. The minimum Gasteiger partial charge on any atom is -0.361 e. The van der Waals surface area contributed by atoms with E-state index in [1.807, 2.05) is 24.4 Å². The minimum atomic E-state index is -0.114. The fraction of sp³-hybridized carbons (Fsp3) is 0.0952. The van der Waals surface area contributed by atoms with Crippen LogP contribution in [0.3, 0.4) is 0 Å². The number of hydrogen-bond donors (Lipinski definition) is 2. The average molecular weight is 387 g/mol. The second kappa shape index (κ2) is 6.94. The highest BCUT2D eigenvalue weighted by atomic mass is 32.1. The lowest BCUT2D eigenvalue weighted by Crippen LogP contribution is -2.28. The molecule has 2 N–H and O–H groups in total. The predicted molar refractivity (Wildman–Crippen MR) is 110 cm³/mol. The number of H-pyrrole nitrogens is 1. The monoisotopic (exact) mass is 387 g/mol. The number of carbonyl (C=O) groups is 1. The molecule has 1 unspecified atom stereocenters. The van der Waals surface area contributed by atoms with E-state index in [-0.39, 0.29) is 11.8 Å². The second-order valence-corrected chi connectivity index (χ2v) is 7.56. The molecule has 0 saturated carbocycles. The third-order valence-corrected chi connectivity index (χ3v) is 5.89. The van der Waals surface area contributed by atoms with E-state index in [1.165, 1.54) is 15.8 Å². The summed E-state index contributed by atoms with van der Waals surface area (Å²) in [6, 6.07) is 16.0. The molecule has 0 aliphatic heterocycles. The fourth-order valence-corrected chi connectivity index (χ4v) is 4.34. The van der Waals surface area contributed by atoms with Crippen molar-refractivity contribution in [1.82, 2.24) is 24.9 Å². The molecule has 1 aromatic carbocycles. The average Bonchev–Trinajstić information content (AvgIpc) is 3.48. The van der Waals surface area contributed by atoms with Crippen LogP contribution in [0, 0.1) is 0 Å². The topological polar surface area (TPSA) is 75.1 Å². The number of pyridine rings is 1. The number of nitrogens with one attached hydrogen (secondary N) is 2. The third kappa shape index (κ3) is 2.95. The number of carbonyl (C=O) groups excluding carboxylic acids is 1. The van der Waals surface area contributed by atoms with E-state index < -0.39 is 0 Å². The molecule has 1 atom stereocenters. The number of aromatic amines is 1. The van der Waals surface area contributed by atoms with Gasteiger partial charge in [-0.3, -0.25) is 9.20 Å². The van der Waals surface area contributed by atoms with E-state index in [4.69, 9.17) is 0 Å². The normalized spacial score (nSPS) is 12.4. The third-order valence-electron chi connectivity index (χ3n) is 4.90. The van der Waals surface area contributed by atoms with Crippen molar-refractivity contribution in [3.63, 3.8) is 0 Å². The Bertz CT molecular complexity index is 1250. The van der Waals surface area contributed by atoms with Crippen LogP contribution in [0.5, 0.6) is 0 Å². The minimum absolute atomic E-state index is 0.0822. The summed E-state index contributed by atoms with van der Waals surface area (Å²) in [7, 11) is 0. The molecule has 6 nitrogen and oxygen atoms in total. The number of para-hydroxylation sites is 1. The number of fused-ring (bicyclic) bond motifs is 2. The summed E-state index contributed by atoms with van der Waals surface area (Å²) in [5, 5.41) is 14.2. The van der Waals surface area contributed by atoms with Crippen molar-refractivity contribution >= 4 is 33.8 Å². The van der Waals surface area contributed by atoms with Crippen LogP contribution in [0.2, 0.25) is 0 Å². The first-order valence-corrected chi connectivity index (χ1v) is 9.84. The number of rotatable bonds is 5. The molecule has 0 saturated heterocycles. The van der Waals surface area contributed by atoms with E-state index in [0.29, 0.717) is 17.8 Å². The molecular weight excluding hydrogens is 370 g/mol. The maximum atomic E-state index is 12.7. The molecule has 0 bridgehead atoms. The summed E-state index contributed by atoms with van der Waals surface area (Å²) in [5.74, 6) is -0.0317. The van der Waals surface area contributed by atoms with Crippen molar-refractivity contribution in [1.29, 1.82) is 0 Å². The molecule has 4 aromatic heterocycles. The van der Waals surface area contributed by atoms with Gasteiger partial charge in [-0.15, -0.1) is 21.5 Å². The number of aromatic nitrogens is 4. The van der Waals surface area contributed by atoms with Crippen LogP contribution < -0.4 is 5.32 Å². The van der Waals surface area contributed by atoms with Gasteiger partial charge in [-0.2, -0.15) is 0 Å². The molecule has 28 heavy (non-hydrogen) atoms. The standard InChI is InChI=1S/C21H17N5OS/c27-21(14-7-8-20-25-24-13-26(20)12-14)23-11-17(19-6-3-9-28-19)16-10-22-18-5-2-1-4-15(16)18/h1-10,12-13,17,22H,11H2,(H,23,27). The van der Waals surface area contributed by atoms with Crippen molar-refractivity contribution in [2.75, 3.05) is 6.54 Å². The van der Waals surface area contributed by atoms with E-state index in [2.05, 4.69) is 44.1 Å². The van der Waals surface area contributed by atoms with Gasteiger partial charge in [0.1, 0.15) is 6.33 Å². The van der Waals surface area contributed by atoms with Crippen LogP contribution in [-0.4, -0.2) is 32.0 Å². The van der Waals surface area contributed by atoms with Gasteiger partial charge in [0.15, 0.2) is 5.65 Å². The Morgan fingerprint density at radius 2 is 2.11 bits per heavy atom. The number of thiophene rings is 1. The highest BCUT2D eigenvalue weighted by Gasteiger charge is 2.20. The zero-order chi connectivity index (χ0) is 18.9. The Morgan fingerprint density at radius 1 is 1.18 bits per heavy atom. The van der Waals surface area contributed by atoms with E-state index in [1.54, 1.807) is 40.4 Å². The van der Waals surface area contributed by atoms with Crippen LogP contribution in [0.4, 0.5) is 0 Å². The van der Waals surface area contributed by atoms with E-state index in [0.717, 1.165) is 5.52 Å². The summed E-state index contributed by atoms with van der Waals surface area (Å²) in [6.45, 7) is 0.515. The molecule has 1 amide bonds. The Balaban J connectivity index is 1.43. The lowest BCUT2D eigenvalue weighted by atomic mass is 9.96. The maximum Gasteiger partial charge on any atom is 0.252 e. The van der Waals surface area contributed by atoms with Crippen molar-refractivity contribution < 1.29 is 4.79 Å². The Hall–Kier alpha value is -3.45. The van der Waals surface area contributed by atoms with Crippen LogP contribution in [0.15, 0.2) is 72.6 Å². The summed E-state index contributed by atoms with van der Waals surface area (Å²) >= 11 is 1.70. The lowest BCUT2D eigenvalue weighted by Gasteiger charge is -2.16. The summed E-state index contributed by atoms with van der Waals surface area (Å²) in [6.07, 6.45) is 5.38. The van der Waals surface area contributed by atoms with Gasteiger partial charge < -0.3 is 10.3 Å². The smallest absolute Gasteiger partial charge is 0.252 e. The van der Waals surface area contributed by atoms with Gasteiger partial charge in [-0.25, -0.2) is 0 Å². The molecular formula is C21H17N5OS. The SMILES string of the molecule is O=C(NCC(c1cccs1)c1c[nH]c2ccccc12)c1ccc2nncn2c1. The first-order valence-electron chi connectivity index (χ1n) is 8.96. The van der Waals surface area contributed by atoms with Gasteiger partial charge in [-0.05, 0) is 35.2 Å². The van der Waals surface area contributed by atoms with Gasteiger partial charge in [-0.1, -0.05) is 24.3 Å². The summed E-state index contributed by atoms with van der Waals surface area (Å²) in [4.78, 5) is 17.3. The first kappa shape index (κ1) is 16.7. The van der Waals surface area contributed by atoms with Gasteiger partial charge in [0.25, 0.3) is 5.91 Å². The number of nitrogens with zero attached hydrogens (tertiary/aromatic N) is 3. The van der Waals surface area contributed by atoms with Crippen molar-refractivity contribution in [3.8, 4) is 0 Å². The molecule has 0 fully saturated rings. The molecule has 5 rings (SSSR count). The van der Waals surface area contributed by atoms with Gasteiger partial charge in [0.05, 0.1) is 5.56 Å². The largest absolute Gasteiger partial charge is 0.361 e. The van der Waals surface area contributed by atoms with Gasteiger partial charge >= 0.3 is 0 Å². The Labute approximate surface area is 164 Å². The van der Waals surface area contributed by atoms with E-state index in [9.17, 15) is 4.79 Å². The lowest BCUT2D eigenvalue weighted by molar-refractivity contribution is 0.0952. The van der Waals surface area contributed by atoms with Crippen LogP contribution >= 0.6 is 11.3 Å². The second-order valence-electron chi connectivity index (χ2n) is 6.58. The zero-order valence-electron chi connectivity index (χ0n) is 14.9. The summed E-state index contributed by atoms with van der Waals surface area (Å²) < 4.78 is 1.74. The first-order chi connectivity index (χ1) is 13.8. The molecule has 138 valence electrons. The predicted octanol–water partition coefficient (Wildman–Crippen LogP) is 3.83. The molecule has 0 radical (unpaired) electrons. The van der Waals surface area contributed by atoms with Crippen LogP contribution in [0.1, 0.15) is 26.7 Å². The van der Waals surface area contributed by atoms with Crippen molar-refractivity contribution in [2.45, 2.75) is 5.92 Å². The highest BCUT2D eigenvalue weighted by molar-refractivity contribution is 7.10. The van der Waals surface area contributed by atoms with Crippen LogP contribution in [-0.2, 0) is 0 Å². The molecule has 0 aliphatic carbocycles. The number of amides is 1. The quantitative estimate of drug-likeness (QED) is 0.481. The van der Waals surface area contributed by atoms with E-state index >= 15 is 0 Å². The molecule has 5 aromatic rings. The number of hydrogen-bond acceptors (Lipinski definition) is 4. The zero-order valence-corrected chi connectivity index (χ0v) is 15.7.